The number of amides is 1. The average molecular weight is 503 g/mol. The zero-order valence-corrected chi connectivity index (χ0v) is 19.9. The molecule has 0 unspecified atom stereocenters. The summed E-state index contributed by atoms with van der Waals surface area (Å²) in [7, 11) is -3.34. The van der Waals surface area contributed by atoms with Crippen LogP contribution in [0.2, 0.25) is 5.02 Å². The van der Waals surface area contributed by atoms with Crippen LogP contribution in [0.5, 0.6) is 11.5 Å². The van der Waals surface area contributed by atoms with Crippen LogP contribution in [-0.2, 0) is 9.84 Å². The molecule has 0 radical (unpaired) electrons. The number of hydrogen-bond donors (Lipinski definition) is 1. The van der Waals surface area contributed by atoms with Crippen molar-refractivity contribution < 1.29 is 22.7 Å². The largest absolute Gasteiger partial charge is 0.489 e. The number of hydrogen-bond acceptors (Lipinski definition) is 6. The molecule has 1 saturated heterocycles. The Morgan fingerprint density at radius 3 is 2.29 bits per heavy atom. The predicted octanol–water partition coefficient (Wildman–Crippen LogP) is 4.14. The number of H-pyrrole nitrogens is 1. The van der Waals surface area contributed by atoms with Gasteiger partial charge in [0.25, 0.3) is 5.56 Å². The lowest BCUT2D eigenvalue weighted by Crippen LogP contribution is -2.43. The maximum atomic E-state index is 12.6. The molecular formula is C24H23ClN2O6S. The number of aromatic amines is 1. The van der Waals surface area contributed by atoms with Gasteiger partial charge in [0.15, 0.2) is 9.84 Å². The molecular weight excluding hydrogens is 480 g/mol. The summed E-state index contributed by atoms with van der Waals surface area (Å²) in [4.78, 5) is 29.4. The van der Waals surface area contributed by atoms with Gasteiger partial charge in [-0.05, 0) is 48.0 Å². The van der Waals surface area contributed by atoms with Gasteiger partial charge in [-0.25, -0.2) is 13.2 Å². The number of halogens is 1. The highest BCUT2D eigenvalue weighted by Gasteiger charge is 2.26. The molecule has 0 saturated carbocycles. The lowest BCUT2D eigenvalue weighted by molar-refractivity contribution is 0.0932. The highest BCUT2D eigenvalue weighted by Crippen LogP contribution is 2.29. The Bertz CT molecular complexity index is 1330. The molecule has 2 aromatic carbocycles. The standard InChI is InChI=1S/C24H23ClN2O6S/c1-34(30,31)20-8-2-16(3-9-20)22-21(10-13-26-23(22)28)32-19-11-14-27(15-12-19)24(29)33-18-6-4-17(25)5-7-18/h2-10,13,19H,11-12,14-15H2,1H3,(H,26,28). The van der Waals surface area contributed by atoms with Crippen molar-refractivity contribution in [3.8, 4) is 22.6 Å². The summed E-state index contributed by atoms with van der Waals surface area (Å²) in [6.07, 6.45) is 3.12. The van der Waals surface area contributed by atoms with Crippen LogP contribution in [0.4, 0.5) is 4.79 Å². The minimum atomic E-state index is -3.34. The molecule has 1 fully saturated rings. The normalized spacial score (nSPS) is 14.6. The SMILES string of the molecule is CS(=O)(=O)c1ccc(-c2c(OC3CCN(C(=O)Oc4ccc(Cl)cc4)CC3)cc[nH]c2=O)cc1. The third-order valence-corrected chi connectivity index (χ3v) is 6.89. The van der Waals surface area contributed by atoms with Crippen LogP contribution in [0.15, 0.2) is 70.5 Å². The van der Waals surface area contributed by atoms with Crippen LogP contribution in [0, 0.1) is 0 Å². The number of benzene rings is 2. The summed E-state index contributed by atoms with van der Waals surface area (Å²) in [5, 5.41) is 0.559. The number of pyridine rings is 1. The van der Waals surface area contributed by atoms with E-state index in [0.29, 0.717) is 53.6 Å². The number of sulfone groups is 1. The van der Waals surface area contributed by atoms with Crippen LogP contribution in [-0.4, -0.2) is 49.8 Å². The summed E-state index contributed by atoms with van der Waals surface area (Å²) in [5.41, 5.74) is 0.536. The van der Waals surface area contributed by atoms with E-state index in [1.54, 1.807) is 47.4 Å². The van der Waals surface area contributed by atoms with Gasteiger partial charge in [-0.3, -0.25) is 4.79 Å². The first-order valence-electron chi connectivity index (χ1n) is 10.6. The van der Waals surface area contributed by atoms with Crippen molar-refractivity contribution in [3.05, 3.63) is 76.2 Å². The number of nitrogens with zero attached hydrogens (tertiary/aromatic N) is 1. The number of rotatable bonds is 5. The summed E-state index contributed by atoms with van der Waals surface area (Å²) >= 11 is 5.85. The van der Waals surface area contributed by atoms with E-state index >= 15 is 0 Å². The van der Waals surface area contributed by atoms with E-state index in [0.717, 1.165) is 6.26 Å². The predicted molar refractivity (Wildman–Crippen MR) is 128 cm³/mol. The van der Waals surface area contributed by atoms with Gasteiger partial charge in [-0.2, -0.15) is 0 Å². The van der Waals surface area contributed by atoms with E-state index in [4.69, 9.17) is 21.1 Å². The molecule has 0 spiro atoms. The number of piperidine rings is 1. The summed E-state index contributed by atoms with van der Waals surface area (Å²) in [5.74, 6) is 0.820. The van der Waals surface area contributed by atoms with Gasteiger partial charge in [0.1, 0.15) is 17.6 Å². The van der Waals surface area contributed by atoms with Crippen LogP contribution in [0.3, 0.4) is 0 Å². The third-order valence-electron chi connectivity index (χ3n) is 5.51. The average Bonchev–Trinajstić information content (AvgIpc) is 2.81. The van der Waals surface area contributed by atoms with Crippen molar-refractivity contribution in [2.75, 3.05) is 19.3 Å². The van der Waals surface area contributed by atoms with Gasteiger partial charge in [0, 0.05) is 43.4 Å². The smallest absolute Gasteiger partial charge is 0.415 e. The molecule has 178 valence electrons. The molecule has 3 aromatic rings. The molecule has 2 heterocycles. The Labute approximate surface area is 202 Å². The Morgan fingerprint density at radius 1 is 1.03 bits per heavy atom. The van der Waals surface area contributed by atoms with Crippen molar-refractivity contribution in [3.63, 3.8) is 0 Å². The molecule has 4 rings (SSSR count). The van der Waals surface area contributed by atoms with E-state index in [1.165, 1.54) is 18.3 Å². The van der Waals surface area contributed by atoms with E-state index in [-0.39, 0.29) is 16.6 Å². The molecule has 0 aliphatic carbocycles. The van der Waals surface area contributed by atoms with Crippen molar-refractivity contribution >= 4 is 27.5 Å². The van der Waals surface area contributed by atoms with E-state index in [1.807, 2.05) is 0 Å². The van der Waals surface area contributed by atoms with Gasteiger partial charge in [0.05, 0.1) is 10.5 Å². The maximum Gasteiger partial charge on any atom is 0.415 e. The second kappa shape index (κ2) is 9.90. The molecule has 1 amide bonds. The number of carbonyl (C=O) groups is 1. The zero-order chi connectivity index (χ0) is 24.3. The van der Waals surface area contributed by atoms with Crippen LogP contribution in [0.25, 0.3) is 11.1 Å². The van der Waals surface area contributed by atoms with E-state index in [2.05, 4.69) is 4.98 Å². The zero-order valence-electron chi connectivity index (χ0n) is 18.4. The van der Waals surface area contributed by atoms with Crippen LogP contribution < -0.4 is 15.0 Å². The summed E-state index contributed by atoms with van der Waals surface area (Å²) < 4.78 is 35.0. The maximum absolute atomic E-state index is 12.6. The lowest BCUT2D eigenvalue weighted by atomic mass is 10.1. The fourth-order valence-electron chi connectivity index (χ4n) is 3.70. The number of carbonyl (C=O) groups excluding carboxylic acids is 1. The van der Waals surface area contributed by atoms with Crippen molar-refractivity contribution in [1.82, 2.24) is 9.88 Å². The fourth-order valence-corrected chi connectivity index (χ4v) is 4.46. The highest BCUT2D eigenvalue weighted by molar-refractivity contribution is 7.90. The number of ether oxygens (including phenoxy) is 2. The Kier molecular flexibility index (Phi) is 6.95. The second-order valence-electron chi connectivity index (χ2n) is 7.97. The first-order valence-corrected chi connectivity index (χ1v) is 12.9. The molecule has 1 N–H and O–H groups in total. The highest BCUT2D eigenvalue weighted by atomic mass is 35.5. The Hall–Kier alpha value is -3.30. The second-order valence-corrected chi connectivity index (χ2v) is 10.4. The van der Waals surface area contributed by atoms with Gasteiger partial charge in [-0.1, -0.05) is 23.7 Å². The molecule has 0 bridgehead atoms. The lowest BCUT2D eigenvalue weighted by Gasteiger charge is -2.31. The molecule has 10 heteroatoms. The number of nitrogens with one attached hydrogen (secondary N) is 1. The number of aromatic nitrogens is 1. The molecule has 34 heavy (non-hydrogen) atoms. The minimum absolute atomic E-state index is 0.170. The van der Waals surface area contributed by atoms with Crippen molar-refractivity contribution in [2.24, 2.45) is 0 Å². The Morgan fingerprint density at radius 2 is 1.68 bits per heavy atom. The molecule has 8 nitrogen and oxygen atoms in total. The summed E-state index contributed by atoms with van der Waals surface area (Å²) in [6.45, 7) is 0.886. The summed E-state index contributed by atoms with van der Waals surface area (Å²) in [6, 6.07) is 14.3. The van der Waals surface area contributed by atoms with Crippen LogP contribution in [0.1, 0.15) is 12.8 Å². The molecule has 1 aliphatic heterocycles. The van der Waals surface area contributed by atoms with Crippen LogP contribution >= 0.6 is 11.6 Å². The van der Waals surface area contributed by atoms with E-state index in [9.17, 15) is 18.0 Å². The molecule has 0 atom stereocenters. The number of likely N-dealkylation sites (tertiary alicyclic amines) is 1. The molecule has 1 aliphatic rings. The van der Waals surface area contributed by atoms with Gasteiger partial charge >= 0.3 is 6.09 Å². The quantitative estimate of drug-likeness (QED) is 0.562. The van der Waals surface area contributed by atoms with Crippen molar-refractivity contribution in [2.45, 2.75) is 23.8 Å². The topological polar surface area (TPSA) is 106 Å². The van der Waals surface area contributed by atoms with Gasteiger partial charge < -0.3 is 19.4 Å². The van der Waals surface area contributed by atoms with Gasteiger partial charge in [0.2, 0.25) is 0 Å². The van der Waals surface area contributed by atoms with E-state index < -0.39 is 15.9 Å². The third kappa shape index (κ3) is 5.60. The first-order chi connectivity index (χ1) is 16.2. The monoisotopic (exact) mass is 502 g/mol. The minimum Gasteiger partial charge on any atom is -0.489 e. The van der Waals surface area contributed by atoms with Crippen molar-refractivity contribution in [1.29, 1.82) is 0 Å². The fraction of sp³-hybridized carbons (Fsp3) is 0.250. The Balaban J connectivity index is 1.42. The molecule has 1 aromatic heterocycles. The van der Waals surface area contributed by atoms with Gasteiger partial charge in [-0.15, -0.1) is 0 Å². The first kappa shape index (κ1) is 23.8.